The standard InChI is InChI=1S/C14H22N2O2/c1-11(2)13(15)8-9-16-14(17)18-10-12-6-4-3-5-7-12/h3-7,11,13H,8-10,15H2,1-2H3,(H,16,17)/t13-/m1/s1. The minimum absolute atomic E-state index is 0.111. The maximum Gasteiger partial charge on any atom is 0.407 e. The minimum Gasteiger partial charge on any atom is -0.445 e. The van der Waals surface area contributed by atoms with Crippen LogP contribution in [0.2, 0.25) is 0 Å². The third-order valence-electron chi connectivity index (χ3n) is 2.82. The zero-order valence-corrected chi connectivity index (χ0v) is 11.1. The van der Waals surface area contributed by atoms with Crippen molar-refractivity contribution in [2.45, 2.75) is 32.9 Å². The van der Waals surface area contributed by atoms with Crippen LogP contribution in [0.3, 0.4) is 0 Å². The number of carbonyl (C=O) groups is 1. The van der Waals surface area contributed by atoms with Crippen molar-refractivity contribution in [2.24, 2.45) is 11.7 Å². The summed E-state index contributed by atoms with van der Waals surface area (Å²) in [5, 5.41) is 2.70. The molecule has 0 aromatic heterocycles. The SMILES string of the molecule is CC(C)[C@H](N)CCNC(=O)OCc1ccccc1. The van der Waals surface area contributed by atoms with Gasteiger partial charge in [-0.1, -0.05) is 44.2 Å². The number of alkyl carbamates (subject to hydrolysis) is 1. The fraction of sp³-hybridized carbons (Fsp3) is 0.500. The van der Waals surface area contributed by atoms with E-state index < -0.39 is 6.09 Å². The number of nitrogens with two attached hydrogens (primary N) is 1. The van der Waals surface area contributed by atoms with E-state index in [1.807, 2.05) is 30.3 Å². The molecule has 1 aromatic rings. The molecule has 3 N–H and O–H groups in total. The van der Waals surface area contributed by atoms with Crippen LogP contribution >= 0.6 is 0 Å². The smallest absolute Gasteiger partial charge is 0.407 e. The lowest BCUT2D eigenvalue weighted by Gasteiger charge is -2.15. The van der Waals surface area contributed by atoms with Gasteiger partial charge in [0.05, 0.1) is 0 Å². The lowest BCUT2D eigenvalue weighted by Crippen LogP contribution is -2.33. The maximum atomic E-state index is 11.4. The molecular weight excluding hydrogens is 228 g/mol. The van der Waals surface area contributed by atoms with Gasteiger partial charge in [-0.3, -0.25) is 0 Å². The van der Waals surface area contributed by atoms with Crippen LogP contribution in [0.5, 0.6) is 0 Å². The predicted molar refractivity (Wildman–Crippen MR) is 72.1 cm³/mol. The van der Waals surface area contributed by atoms with Crippen molar-refractivity contribution in [3.05, 3.63) is 35.9 Å². The minimum atomic E-state index is -0.394. The number of benzene rings is 1. The maximum absolute atomic E-state index is 11.4. The quantitative estimate of drug-likeness (QED) is 0.814. The zero-order chi connectivity index (χ0) is 13.4. The Bertz CT molecular complexity index is 352. The topological polar surface area (TPSA) is 64.3 Å². The molecule has 0 radical (unpaired) electrons. The highest BCUT2D eigenvalue weighted by atomic mass is 16.5. The second kappa shape index (κ2) is 7.71. The van der Waals surface area contributed by atoms with E-state index in [1.54, 1.807) is 0 Å². The van der Waals surface area contributed by atoms with Crippen molar-refractivity contribution in [2.75, 3.05) is 6.54 Å². The third-order valence-corrected chi connectivity index (χ3v) is 2.82. The molecule has 0 aliphatic carbocycles. The molecule has 1 rings (SSSR count). The molecular formula is C14H22N2O2. The van der Waals surface area contributed by atoms with E-state index in [-0.39, 0.29) is 6.04 Å². The average Bonchev–Trinajstić information content (AvgIpc) is 2.37. The van der Waals surface area contributed by atoms with Crippen LogP contribution in [0.4, 0.5) is 4.79 Å². The third kappa shape index (κ3) is 5.68. The summed E-state index contributed by atoms with van der Waals surface area (Å²) >= 11 is 0. The lowest BCUT2D eigenvalue weighted by atomic mass is 10.0. The molecule has 4 nitrogen and oxygen atoms in total. The van der Waals surface area contributed by atoms with E-state index in [0.717, 1.165) is 12.0 Å². The Labute approximate surface area is 109 Å². The van der Waals surface area contributed by atoms with E-state index in [0.29, 0.717) is 19.1 Å². The first-order chi connectivity index (χ1) is 8.59. The molecule has 1 amide bonds. The van der Waals surface area contributed by atoms with Gasteiger partial charge in [-0.05, 0) is 17.9 Å². The highest BCUT2D eigenvalue weighted by Crippen LogP contribution is 2.02. The summed E-state index contributed by atoms with van der Waals surface area (Å²) in [5.74, 6) is 0.423. The van der Waals surface area contributed by atoms with Gasteiger partial charge in [0.15, 0.2) is 0 Å². The van der Waals surface area contributed by atoms with E-state index in [2.05, 4.69) is 19.2 Å². The number of rotatable bonds is 6. The molecule has 0 saturated carbocycles. The Balaban J connectivity index is 2.15. The van der Waals surface area contributed by atoms with Gasteiger partial charge in [0.2, 0.25) is 0 Å². The first-order valence-corrected chi connectivity index (χ1v) is 6.29. The van der Waals surface area contributed by atoms with Gasteiger partial charge in [-0.25, -0.2) is 4.79 Å². The Morgan fingerprint density at radius 2 is 2.00 bits per heavy atom. The van der Waals surface area contributed by atoms with Crippen molar-refractivity contribution in [3.63, 3.8) is 0 Å². The highest BCUT2D eigenvalue weighted by Gasteiger charge is 2.08. The molecule has 0 aliphatic rings. The average molecular weight is 250 g/mol. The summed E-state index contributed by atoms with van der Waals surface area (Å²) in [5.41, 5.74) is 6.85. The van der Waals surface area contributed by atoms with Crippen molar-refractivity contribution in [1.82, 2.24) is 5.32 Å². The van der Waals surface area contributed by atoms with Crippen molar-refractivity contribution in [1.29, 1.82) is 0 Å². The molecule has 4 heteroatoms. The number of ether oxygens (including phenoxy) is 1. The number of hydrogen-bond acceptors (Lipinski definition) is 3. The summed E-state index contributed by atoms with van der Waals surface area (Å²) in [6, 6.07) is 9.71. The molecule has 0 heterocycles. The van der Waals surface area contributed by atoms with Crippen LogP contribution in [-0.4, -0.2) is 18.7 Å². The summed E-state index contributed by atoms with van der Waals surface area (Å²) in [6.45, 7) is 4.98. The fourth-order valence-electron chi connectivity index (χ4n) is 1.45. The van der Waals surface area contributed by atoms with Gasteiger partial charge in [0, 0.05) is 12.6 Å². The highest BCUT2D eigenvalue weighted by molar-refractivity contribution is 5.67. The first kappa shape index (κ1) is 14.5. The molecule has 1 aromatic carbocycles. The lowest BCUT2D eigenvalue weighted by molar-refractivity contribution is 0.139. The molecule has 0 aliphatic heterocycles. The van der Waals surface area contributed by atoms with Crippen molar-refractivity contribution in [3.8, 4) is 0 Å². The largest absolute Gasteiger partial charge is 0.445 e. The van der Waals surface area contributed by atoms with Gasteiger partial charge in [0.1, 0.15) is 6.61 Å². The van der Waals surface area contributed by atoms with Crippen LogP contribution in [-0.2, 0) is 11.3 Å². The van der Waals surface area contributed by atoms with E-state index in [1.165, 1.54) is 0 Å². The normalized spacial score (nSPS) is 12.2. The number of nitrogens with one attached hydrogen (secondary N) is 1. The van der Waals surface area contributed by atoms with Gasteiger partial charge in [0.25, 0.3) is 0 Å². The van der Waals surface area contributed by atoms with Gasteiger partial charge >= 0.3 is 6.09 Å². The molecule has 18 heavy (non-hydrogen) atoms. The van der Waals surface area contributed by atoms with Crippen LogP contribution in [0.25, 0.3) is 0 Å². The van der Waals surface area contributed by atoms with Gasteiger partial charge < -0.3 is 15.8 Å². The molecule has 0 saturated heterocycles. The monoisotopic (exact) mass is 250 g/mol. The van der Waals surface area contributed by atoms with E-state index in [9.17, 15) is 4.79 Å². The Kier molecular flexibility index (Phi) is 6.22. The Morgan fingerprint density at radius 1 is 1.33 bits per heavy atom. The second-order valence-electron chi connectivity index (χ2n) is 4.69. The van der Waals surface area contributed by atoms with Crippen molar-refractivity contribution < 1.29 is 9.53 Å². The predicted octanol–water partition coefficient (Wildman–Crippen LogP) is 2.29. The Morgan fingerprint density at radius 3 is 2.61 bits per heavy atom. The molecule has 0 unspecified atom stereocenters. The number of amides is 1. The number of carbonyl (C=O) groups excluding carboxylic acids is 1. The van der Waals surface area contributed by atoms with E-state index in [4.69, 9.17) is 10.5 Å². The zero-order valence-electron chi connectivity index (χ0n) is 11.1. The molecule has 0 fully saturated rings. The summed E-state index contributed by atoms with van der Waals surface area (Å²) in [6.07, 6.45) is 0.368. The van der Waals surface area contributed by atoms with Crippen molar-refractivity contribution >= 4 is 6.09 Å². The van der Waals surface area contributed by atoms with Crippen LogP contribution in [0.1, 0.15) is 25.8 Å². The Hall–Kier alpha value is -1.55. The van der Waals surface area contributed by atoms with Crippen LogP contribution in [0, 0.1) is 5.92 Å². The van der Waals surface area contributed by atoms with Crippen LogP contribution < -0.4 is 11.1 Å². The first-order valence-electron chi connectivity index (χ1n) is 6.29. The summed E-state index contributed by atoms with van der Waals surface area (Å²) in [7, 11) is 0. The van der Waals surface area contributed by atoms with E-state index >= 15 is 0 Å². The fourth-order valence-corrected chi connectivity index (χ4v) is 1.45. The molecule has 0 bridgehead atoms. The van der Waals surface area contributed by atoms with Gasteiger partial charge in [-0.15, -0.1) is 0 Å². The second-order valence-corrected chi connectivity index (χ2v) is 4.69. The molecule has 1 atom stereocenters. The number of hydrogen-bond donors (Lipinski definition) is 2. The molecule has 0 spiro atoms. The summed E-state index contributed by atoms with van der Waals surface area (Å²) < 4.78 is 5.08. The molecule has 100 valence electrons. The van der Waals surface area contributed by atoms with Crippen LogP contribution in [0.15, 0.2) is 30.3 Å². The summed E-state index contributed by atoms with van der Waals surface area (Å²) in [4.78, 5) is 11.4. The van der Waals surface area contributed by atoms with Gasteiger partial charge in [-0.2, -0.15) is 0 Å².